The highest BCUT2D eigenvalue weighted by Gasteiger charge is 2.32. The second-order valence-electron chi connectivity index (χ2n) is 5.07. The quantitative estimate of drug-likeness (QED) is 0.782. The molecule has 2 rings (SSSR count). The second-order valence-corrected chi connectivity index (χ2v) is 6.04. The SMILES string of the molecule is CC1(C)C=CC(O)(Cc2cncs2)CC1. The molecule has 3 heteroatoms. The molecule has 0 saturated carbocycles. The smallest absolute Gasteiger partial charge is 0.0876 e. The summed E-state index contributed by atoms with van der Waals surface area (Å²) in [6, 6.07) is 0. The van der Waals surface area contributed by atoms with Gasteiger partial charge in [0.15, 0.2) is 0 Å². The maximum absolute atomic E-state index is 10.4. The number of hydrogen-bond donors (Lipinski definition) is 1. The van der Waals surface area contributed by atoms with Gasteiger partial charge in [0.05, 0.1) is 11.1 Å². The minimum absolute atomic E-state index is 0.236. The Morgan fingerprint density at radius 1 is 1.40 bits per heavy atom. The lowest BCUT2D eigenvalue weighted by molar-refractivity contribution is 0.0617. The van der Waals surface area contributed by atoms with E-state index in [2.05, 4.69) is 24.9 Å². The molecule has 1 aliphatic rings. The molecule has 82 valence electrons. The number of allylic oxidation sites excluding steroid dienone is 1. The van der Waals surface area contributed by atoms with E-state index < -0.39 is 5.60 Å². The highest BCUT2D eigenvalue weighted by molar-refractivity contribution is 7.09. The fraction of sp³-hybridized carbons (Fsp3) is 0.583. The van der Waals surface area contributed by atoms with E-state index in [0.717, 1.165) is 17.7 Å². The molecule has 1 N–H and O–H groups in total. The van der Waals surface area contributed by atoms with Gasteiger partial charge < -0.3 is 5.11 Å². The molecule has 1 heterocycles. The van der Waals surface area contributed by atoms with Crippen LogP contribution in [0.1, 0.15) is 31.6 Å². The van der Waals surface area contributed by atoms with Crippen molar-refractivity contribution in [2.24, 2.45) is 5.41 Å². The molecule has 0 radical (unpaired) electrons. The van der Waals surface area contributed by atoms with Crippen molar-refractivity contribution >= 4 is 11.3 Å². The van der Waals surface area contributed by atoms with Gasteiger partial charge in [-0.1, -0.05) is 26.0 Å². The van der Waals surface area contributed by atoms with Crippen LogP contribution in [0.25, 0.3) is 0 Å². The van der Waals surface area contributed by atoms with E-state index in [0.29, 0.717) is 6.42 Å². The number of hydrogen-bond acceptors (Lipinski definition) is 3. The molecule has 1 aromatic heterocycles. The molecule has 0 aromatic carbocycles. The van der Waals surface area contributed by atoms with Crippen LogP contribution in [0, 0.1) is 5.41 Å². The van der Waals surface area contributed by atoms with Gasteiger partial charge >= 0.3 is 0 Å². The van der Waals surface area contributed by atoms with Crippen molar-refractivity contribution in [3.05, 3.63) is 28.7 Å². The van der Waals surface area contributed by atoms with Crippen LogP contribution in [0.4, 0.5) is 0 Å². The minimum Gasteiger partial charge on any atom is -0.385 e. The largest absolute Gasteiger partial charge is 0.385 e. The summed E-state index contributed by atoms with van der Waals surface area (Å²) in [4.78, 5) is 5.19. The predicted molar refractivity (Wildman–Crippen MR) is 62.9 cm³/mol. The van der Waals surface area contributed by atoms with Crippen LogP contribution in [0.2, 0.25) is 0 Å². The Labute approximate surface area is 94.7 Å². The van der Waals surface area contributed by atoms with Crippen LogP contribution in [0.5, 0.6) is 0 Å². The first-order valence-electron chi connectivity index (χ1n) is 5.29. The summed E-state index contributed by atoms with van der Waals surface area (Å²) in [6.45, 7) is 4.41. The van der Waals surface area contributed by atoms with Gasteiger partial charge in [-0.2, -0.15) is 0 Å². The molecule has 0 spiro atoms. The van der Waals surface area contributed by atoms with E-state index in [1.165, 1.54) is 0 Å². The molecule has 2 nitrogen and oxygen atoms in total. The van der Waals surface area contributed by atoms with Gasteiger partial charge in [-0.3, -0.25) is 4.98 Å². The van der Waals surface area contributed by atoms with Gasteiger partial charge in [0.25, 0.3) is 0 Å². The Balaban J connectivity index is 2.09. The molecule has 1 aliphatic carbocycles. The van der Waals surface area contributed by atoms with E-state index in [9.17, 15) is 5.11 Å². The molecule has 1 atom stereocenters. The van der Waals surface area contributed by atoms with E-state index in [-0.39, 0.29) is 5.41 Å². The fourth-order valence-corrected chi connectivity index (χ4v) is 2.58. The van der Waals surface area contributed by atoms with Gasteiger partial charge in [0.1, 0.15) is 0 Å². The van der Waals surface area contributed by atoms with Crippen molar-refractivity contribution in [2.75, 3.05) is 0 Å². The maximum Gasteiger partial charge on any atom is 0.0876 e. The highest BCUT2D eigenvalue weighted by Crippen LogP contribution is 2.36. The summed E-state index contributed by atoms with van der Waals surface area (Å²) >= 11 is 1.61. The molecule has 1 unspecified atom stereocenters. The zero-order valence-corrected chi connectivity index (χ0v) is 10.0. The van der Waals surface area contributed by atoms with Crippen LogP contribution in [-0.4, -0.2) is 15.7 Å². The molecule has 0 saturated heterocycles. The lowest BCUT2D eigenvalue weighted by Crippen LogP contribution is -2.34. The molecule has 0 fully saturated rings. The highest BCUT2D eigenvalue weighted by atomic mass is 32.1. The zero-order chi connectivity index (χ0) is 10.9. The number of rotatable bonds is 2. The first-order valence-corrected chi connectivity index (χ1v) is 6.17. The summed E-state index contributed by atoms with van der Waals surface area (Å²) in [5.41, 5.74) is 1.40. The summed E-state index contributed by atoms with van der Waals surface area (Å²) < 4.78 is 0. The van der Waals surface area contributed by atoms with Crippen LogP contribution in [-0.2, 0) is 6.42 Å². The van der Waals surface area contributed by atoms with E-state index >= 15 is 0 Å². The zero-order valence-electron chi connectivity index (χ0n) is 9.23. The second kappa shape index (κ2) is 3.72. The number of nitrogens with zero attached hydrogens (tertiary/aromatic N) is 1. The van der Waals surface area contributed by atoms with Crippen molar-refractivity contribution in [3.8, 4) is 0 Å². The van der Waals surface area contributed by atoms with Crippen LogP contribution >= 0.6 is 11.3 Å². The van der Waals surface area contributed by atoms with E-state index in [1.54, 1.807) is 11.3 Å². The van der Waals surface area contributed by atoms with Crippen molar-refractivity contribution in [2.45, 2.75) is 38.7 Å². The van der Waals surface area contributed by atoms with Crippen molar-refractivity contribution < 1.29 is 5.11 Å². The summed E-state index contributed by atoms with van der Waals surface area (Å²) in [6.07, 6.45) is 8.53. The Kier molecular flexibility index (Phi) is 2.69. The monoisotopic (exact) mass is 223 g/mol. The maximum atomic E-state index is 10.4. The van der Waals surface area contributed by atoms with Crippen LogP contribution in [0.15, 0.2) is 23.9 Å². The molecule has 0 aliphatic heterocycles. The van der Waals surface area contributed by atoms with Gasteiger partial charge in [0.2, 0.25) is 0 Å². The van der Waals surface area contributed by atoms with Crippen LogP contribution in [0.3, 0.4) is 0 Å². The van der Waals surface area contributed by atoms with Gasteiger partial charge in [-0.05, 0) is 18.3 Å². The Morgan fingerprint density at radius 3 is 2.73 bits per heavy atom. The third-order valence-electron chi connectivity index (χ3n) is 3.01. The third-order valence-corrected chi connectivity index (χ3v) is 3.79. The first-order chi connectivity index (χ1) is 6.99. The fourth-order valence-electron chi connectivity index (χ4n) is 1.86. The predicted octanol–water partition coefficient (Wildman–Crippen LogP) is 2.79. The average molecular weight is 223 g/mol. The van der Waals surface area contributed by atoms with Gasteiger partial charge in [-0.15, -0.1) is 11.3 Å². The summed E-state index contributed by atoms with van der Waals surface area (Å²) in [7, 11) is 0. The molecular weight excluding hydrogens is 206 g/mol. The Bertz CT molecular complexity index is 356. The Morgan fingerprint density at radius 2 is 2.20 bits per heavy atom. The standard InChI is InChI=1S/C12H17NOS/c1-11(2)3-5-12(14,6-4-11)7-10-8-13-9-15-10/h3,5,8-9,14H,4,6-7H2,1-2H3. The van der Waals surface area contributed by atoms with Gasteiger partial charge in [-0.25, -0.2) is 0 Å². The summed E-state index contributed by atoms with van der Waals surface area (Å²) in [5, 5.41) is 10.4. The van der Waals surface area contributed by atoms with E-state index in [1.807, 2.05) is 17.8 Å². The Hall–Kier alpha value is -0.670. The van der Waals surface area contributed by atoms with Gasteiger partial charge in [0, 0.05) is 17.5 Å². The molecule has 15 heavy (non-hydrogen) atoms. The molecule has 1 aromatic rings. The lowest BCUT2D eigenvalue weighted by atomic mass is 9.75. The lowest BCUT2D eigenvalue weighted by Gasteiger charge is -2.34. The van der Waals surface area contributed by atoms with Crippen molar-refractivity contribution in [1.29, 1.82) is 0 Å². The topological polar surface area (TPSA) is 33.1 Å². The van der Waals surface area contributed by atoms with E-state index in [4.69, 9.17) is 0 Å². The number of aromatic nitrogens is 1. The number of aliphatic hydroxyl groups is 1. The summed E-state index contributed by atoms with van der Waals surface area (Å²) in [5.74, 6) is 0. The van der Waals surface area contributed by atoms with Crippen LogP contribution < -0.4 is 0 Å². The minimum atomic E-state index is -0.651. The average Bonchev–Trinajstić information content (AvgIpc) is 2.64. The molecule has 0 amide bonds. The first kappa shape index (κ1) is 10.8. The van der Waals surface area contributed by atoms with Crippen molar-refractivity contribution in [1.82, 2.24) is 4.98 Å². The normalized spacial score (nSPS) is 29.3. The number of thiazole rings is 1. The molecule has 0 bridgehead atoms. The molecular formula is C12H17NOS. The third kappa shape index (κ3) is 2.67. The van der Waals surface area contributed by atoms with Crippen molar-refractivity contribution in [3.63, 3.8) is 0 Å².